The number of aromatic nitrogens is 1. The summed E-state index contributed by atoms with van der Waals surface area (Å²) in [5.41, 5.74) is 0. The standard InChI is InChI=1S/C19H17Cl2N3O6S2/c1-29-16-10-12(6-8-14(16)20)31(25,26)23-18-4-3-5-19(22-18)24-32(27,28)13-7-9-15(21)17(11-13)30-2/h3-11H,1-2H3,(H2,22,23,24). The van der Waals surface area contributed by atoms with Gasteiger partial charge in [-0.25, -0.2) is 21.8 Å². The maximum atomic E-state index is 12.7. The lowest BCUT2D eigenvalue weighted by Gasteiger charge is -2.12. The summed E-state index contributed by atoms with van der Waals surface area (Å²) in [6.45, 7) is 0. The Morgan fingerprint density at radius 1 is 0.719 bits per heavy atom. The molecule has 0 aliphatic carbocycles. The highest BCUT2D eigenvalue weighted by Crippen LogP contribution is 2.29. The van der Waals surface area contributed by atoms with E-state index in [9.17, 15) is 16.8 Å². The largest absolute Gasteiger partial charge is 0.495 e. The molecular formula is C19H17Cl2N3O6S2. The first kappa shape index (κ1) is 23.9. The van der Waals surface area contributed by atoms with Crippen LogP contribution in [-0.2, 0) is 20.0 Å². The maximum absolute atomic E-state index is 12.7. The average molecular weight is 518 g/mol. The van der Waals surface area contributed by atoms with E-state index in [1.165, 1.54) is 68.8 Å². The minimum Gasteiger partial charge on any atom is -0.495 e. The van der Waals surface area contributed by atoms with Crippen molar-refractivity contribution in [1.82, 2.24) is 4.98 Å². The number of nitrogens with zero attached hydrogens (tertiary/aromatic N) is 1. The summed E-state index contributed by atoms with van der Waals surface area (Å²) in [5, 5.41) is 0.500. The van der Waals surface area contributed by atoms with Gasteiger partial charge in [-0.3, -0.25) is 9.44 Å². The summed E-state index contributed by atoms with van der Waals surface area (Å²) >= 11 is 11.9. The van der Waals surface area contributed by atoms with Crippen molar-refractivity contribution in [2.24, 2.45) is 0 Å². The lowest BCUT2D eigenvalue weighted by molar-refractivity contribution is 0.413. The Morgan fingerprint density at radius 2 is 1.12 bits per heavy atom. The SMILES string of the molecule is COc1cc(S(=O)(=O)Nc2cccc(NS(=O)(=O)c3ccc(Cl)c(OC)c3)n2)ccc1Cl. The molecule has 2 aromatic carbocycles. The van der Waals surface area contributed by atoms with Crippen molar-refractivity contribution in [1.29, 1.82) is 0 Å². The predicted molar refractivity (Wildman–Crippen MR) is 122 cm³/mol. The van der Waals surface area contributed by atoms with E-state index in [1.54, 1.807) is 0 Å². The van der Waals surface area contributed by atoms with Crippen LogP contribution in [0.25, 0.3) is 0 Å². The molecule has 0 fully saturated rings. The Hall–Kier alpha value is -2.73. The molecule has 0 saturated heterocycles. The van der Waals surface area contributed by atoms with Crippen LogP contribution in [0.3, 0.4) is 0 Å². The van der Waals surface area contributed by atoms with Gasteiger partial charge in [0.1, 0.15) is 23.1 Å². The molecule has 0 radical (unpaired) electrons. The monoisotopic (exact) mass is 517 g/mol. The van der Waals surface area contributed by atoms with Crippen LogP contribution in [0.4, 0.5) is 11.6 Å². The molecule has 1 heterocycles. The lowest BCUT2D eigenvalue weighted by Crippen LogP contribution is -2.16. The molecule has 0 aliphatic rings. The predicted octanol–water partition coefficient (Wildman–Crippen LogP) is 4.01. The van der Waals surface area contributed by atoms with Gasteiger partial charge in [0, 0.05) is 12.1 Å². The third kappa shape index (κ3) is 5.36. The molecule has 0 aliphatic heterocycles. The maximum Gasteiger partial charge on any atom is 0.263 e. The van der Waals surface area contributed by atoms with Gasteiger partial charge in [-0.2, -0.15) is 0 Å². The molecule has 13 heteroatoms. The number of sulfonamides is 2. The second-order valence-electron chi connectivity index (χ2n) is 6.21. The average Bonchev–Trinajstić information content (AvgIpc) is 2.73. The van der Waals surface area contributed by atoms with E-state index in [0.717, 1.165) is 0 Å². The molecule has 2 N–H and O–H groups in total. The number of methoxy groups -OCH3 is 2. The molecule has 0 saturated carbocycles. The van der Waals surface area contributed by atoms with Gasteiger partial charge in [0.25, 0.3) is 20.0 Å². The van der Waals surface area contributed by atoms with Crippen molar-refractivity contribution in [3.63, 3.8) is 0 Å². The zero-order valence-electron chi connectivity index (χ0n) is 16.7. The molecule has 0 bridgehead atoms. The molecule has 0 spiro atoms. The van der Waals surface area contributed by atoms with Gasteiger partial charge in [0.05, 0.1) is 34.1 Å². The van der Waals surface area contributed by atoms with E-state index < -0.39 is 20.0 Å². The normalized spacial score (nSPS) is 11.6. The Labute approximate surface area is 195 Å². The van der Waals surface area contributed by atoms with Gasteiger partial charge in [0.15, 0.2) is 0 Å². The Bertz CT molecular complexity index is 1260. The zero-order chi connectivity index (χ0) is 23.5. The van der Waals surface area contributed by atoms with E-state index in [4.69, 9.17) is 32.7 Å². The molecule has 3 aromatic rings. The summed E-state index contributed by atoms with van der Waals surface area (Å²) in [6.07, 6.45) is 0. The fourth-order valence-electron chi connectivity index (χ4n) is 2.56. The Morgan fingerprint density at radius 3 is 1.50 bits per heavy atom. The number of pyridine rings is 1. The minimum absolute atomic E-state index is 0.104. The summed E-state index contributed by atoms with van der Waals surface area (Å²) in [6, 6.07) is 12.0. The minimum atomic E-state index is -4.05. The fourth-order valence-corrected chi connectivity index (χ4v) is 4.98. The molecule has 0 amide bonds. The number of hydrogen-bond donors (Lipinski definition) is 2. The van der Waals surface area contributed by atoms with Crippen LogP contribution >= 0.6 is 23.2 Å². The zero-order valence-corrected chi connectivity index (χ0v) is 19.8. The number of rotatable bonds is 8. The highest BCUT2D eigenvalue weighted by atomic mass is 35.5. The molecule has 3 rings (SSSR count). The Balaban J connectivity index is 1.85. The second-order valence-corrected chi connectivity index (χ2v) is 10.4. The number of nitrogens with one attached hydrogen (secondary N) is 2. The van der Waals surface area contributed by atoms with Crippen molar-refractivity contribution < 1.29 is 26.3 Å². The summed E-state index contributed by atoms with van der Waals surface area (Å²) < 4.78 is 65.4. The van der Waals surface area contributed by atoms with Crippen LogP contribution in [0.1, 0.15) is 0 Å². The van der Waals surface area contributed by atoms with Crippen molar-refractivity contribution in [2.45, 2.75) is 9.79 Å². The third-order valence-corrected chi connectivity index (χ3v) is 7.42. The second kappa shape index (κ2) is 9.41. The molecule has 9 nitrogen and oxygen atoms in total. The molecule has 170 valence electrons. The lowest BCUT2D eigenvalue weighted by atomic mass is 10.3. The number of benzene rings is 2. The smallest absolute Gasteiger partial charge is 0.263 e. The van der Waals surface area contributed by atoms with E-state index in [0.29, 0.717) is 0 Å². The molecule has 0 unspecified atom stereocenters. The van der Waals surface area contributed by atoms with Gasteiger partial charge in [-0.05, 0) is 36.4 Å². The van der Waals surface area contributed by atoms with E-state index >= 15 is 0 Å². The number of ether oxygens (including phenoxy) is 2. The van der Waals surface area contributed by atoms with Crippen molar-refractivity contribution >= 4 is 54.9 Å². The topological polar surface area (TPSA) is 124 Å². The first-order valence-corrected chi connectivity index (χ1v) is 12.5. The van der Waals surface area contributed by atoms with Gasteiger partial charge in [-0.1, -0.05) is 29.3 Å². The van der Waals surface area contributed by atoms with Crippen LogP contribution in [-0.4, -0.2) is 36.0 Å². The van der Waals surface area contributed by atoms with Crippen LogP contribution in [0.5, 0.6) is 11.5 Å². The molecular weight excluding hydrogens is 501 g/mol. The van der Waals surface area contributed by atoms with E-state index in [2.05, 4.69) is 14.4 Å². The molecule has 32 heavy (non-hydrogen) atoms. The quantitative estimate of drug-likeness (QED) is 0.462. The van der Waals surface area contributed by atoms with Gasteiger partial charge in [0.2, 0.25) is 0 Å². The first-order chi connectivity index (χ1) is 15.1. The molecule has 0 atom stereocenters. The first-order valence-electron chi connectivity index (χ1n) is 8.75. The van der Waals surface area contributed by atoms with Crippen LogP contribution in [0.15, 0.2) is 64.4 Å². The summed E-state index contributed by atoms with van der Waals surface area (Å²) in [5.74, 6) is 0.158. The summed E-state index contributed by atoms with van der Waals surface area (Å²) in [4.78, 5) is 3.80. The van der Waals surface area contributed by atoms with Crippen molar-refractivity contribution in [2.75, 3.05) is 23.7 Å². The van der Waals surface area contributed by atoms with Crippen LogP contribution < -0.4 is 18.9 Å². The van der Waals surface area contributed by atoms with Crippen LogP contribution in [0, 0.1) is 0 Å². The van der Waals surface area contributed by atoms with E-state index in [-0.39, 0.29) is 43.0 Å². The fraction of sp³-hybridized carbons (Fsp3) is 0.105. The highest BCUT2D eigenvalue weighted by Gasteiger charge is 2.20. The number of halogens is 2. The van der Waals surface area contributed by atoms with E-state index in [1.807, 2.05) is 0 Å². The summed E-state index contributed by atoms with van der Waals surface area (Å²) in [7, 11) is -5.38. The number of hydrogen-bond acceptors (Lipinski definition) is 7. The van der Waals surface area contributed by atoms with Crippen molar-refractivity contribution in [3.8, 4) is 11.5 Å². The van der Waals surface area contributed by atoms with Crippen LogP contribution in [0.2, 0.25) is 10.0 Å². The highest BCUT2D eigenvalue weighted by molar-refractivity contribution is 7.93. The number of anilines is 2. The van der Waals surface area contributed by atoms with Gasteiger partial charge < -0.3 is 9.47 Å². The Kier molecular flexibility index (Phi) is 7.03. The van der Waals surface area contributed by atoms with Gasteiger partial charge >= 0.3 is 0 Å². The van der Waals surface area contributed by atoms with Crippen molar-refractivity contribution in [3.05, 3.63) is 64.6 Å². The third-order valence-electron chi connectivity index (χ3n) is 4.09. The molecule has 1 aromatic heterocycles. The van der Waals surface area contributed by atoms with Gasteiger partial charge in [-0.15, -0.1) is 0 Å².